The van der Waals surface area contributed by atoms with Crippen molar-refractivity contribution >= 4 is 17.6 Å². The summed E-state index contributed by atoms with van der Waals surface area (Å²) >= 11 is 0. The maximum absolute atomic E-state index is 12.1. The van der Waals surface area contributed by atoms with Gasteiger partial charge in [-0.3, -0.25) is 9.59 Å². The molecule has 120 valence electrons. The summed E-state index contributed by atoms with van der Waals surface area (Å²) in [5.41, 5.74) is 0.731. The van der Waals surface area contributed by atoms with E-state index in [1.165, 1.54) is 0 Å². The lowest BCUT2D eigenvalue weighted by molar-refractivity contribution is -0.137. The van der Waals surface area contributed by atoms with Gasteiger partial charge >= 0.3 is 5.97 Å². The molecule has 1 aliphatic heterocycles. The minimum absolute atomic E-state index is 0.0145. The first kappa shape index (κ1) is 16.3. The Hall–Kier alpha value is -2.08. The maximum atomic E-state index is 12.1. The minimum atomic E-state index is -0.824. The smallest absolute Gasteiger partial charge is 0.303 e. The number of rotatable bonds is 7. The highest BCUT2D eigenvalue weighted by Gasteiger charge is 2.21. The molecule has 1 aromatic rings. The second kappa shape index (κ2) is 8.38. The van der Waals surface area contributed by atoms with Crippen molar-refractivity contribution in [2.75, 3.05) is 25.1 Å². The first-order chi connectivity index (χ1) is 10.6. The van der Waals surface area contributed by atoms with Crippen LogP contribution in [0.25, 0.3) is 0 Å². The van der Waals surface area contributed by atoms with Crippen molar-refractivity contribution in [1.29, 1.82) is 0 Å². The Labute approximate surface area is 129 Å². The van der Waals surface area contributed by atoms with Crippen LogP contribution in [0.4, 0.5) is 5.69 Å². The molecule has 0 aliphatic carbocycles. The number of carbonyl (C=O) groups is 2. The van der Waals surface area contributed by atoms with Crippen LogP contribution in [-0.2, 0) is 14.3 Å². The zero-order valence-corrected chi connectivity index (χ0v) is 12.4. The largest absolute Gasteiger partial charge is 0.494 e. The Morgan fingerprint density at radius 1 is 1.23 bits per heavy atom. The molecule has 1 aromatic carbocycles. The van der Waals surface area contributed by atoms with E-state index in [-0.39, 0.29) is 18.2 Å². The topological polar surface area (TPSA) is 84.9 Å². The average Bonchev–Trinajstić information content (AvgIpc) is 2.54. The Balaban J connectivity index is 1.76. The van der Waals surface area contributed by atoms with Crippen LogP contribution in [0.5, 0.6) is 5.75 Å². The zero-order valence-electron chi connectivity index (χ0n) is 12.4. The van der Waals surface area contributed by atoms with Gasteiger partial charge in [0.1, 0.15) is 5.75 Å². The van der Waals surface area contributed by atoms with Crippen molar-refractivity contribution in [3.63, 3.8) is 0 Å². The van der Waals surface area contributed by atoms with E-state index in [9.17, 15) is 9.59 Å². The molecule has 1 aliphatic rings. The van der Waals surface area contributed by atoms with E-state index >= 15 is 0 Å². The fourth-order valence-electron chi connectivity index (χ4n) is 2.25. The molecule has 6 heteroatoms. The second-order valence-corrected chi connectivity index (χ2v) is 5.25. The van der Waals surface area contributed by atoms with Crippen LogP contribution in [0.2, 0.25) is 0 Å². The normalized spacial score (nSPS) is 15.3. The summed E-state index contributed by atoms with van der Waals surface area (Å²) in [6, 6.07) is 7.09. The lowest BCUT2D eigenvalue weighted by Crippen LogP contribution is -2.28. The van der Waals surface area contributed by atoms with Gasteiger partial charge in [0, 0.05) is 31.2 Å². The zero-order chi connectivity index (χ0) is 15.8. The SMILES string of the molecule is O=C(O)CCCOc1ccc(NC(=O)C2CCOCC2)cc1. The summed E-state index contributed by atoms with van der Waals surface area (Å²) in [5.74, 6) is -0.122. The van der Waals surface area contributed by atoms with E-state index in [4.69, 9.17) is 14.6 Å². The van der Waals surface area contributed by atoms with Crippen LogP contribution in [0.3, 0.4) is 0 Å². The van der Waals surface area contributed by atoms with Gasteiger partial charge in [0.15, 0.2) is 0 Å². The summed E-state index contributed by atoms with van der Waals surface area (Å²) < 4.78 is 10.7. The highest BCUT2D eigenvalue weighted by atomic mass is 16.5. The number of carbonyl (C=O) groups excluding carboxylic acids is 1. The monoisotopic (exact) mass is 307 g/mol. The van der Waals surface area contributed by atoms with E-state index in [1.807, 2.05) is 0 Å². The predicted molar refractivity (Wildman–Crippen MR) is 81.0 cm³/mol. The fraction of sp³-hybridized carbons (Fsp3) is 0.500. The standard InChI is InChI=1S/C16H21NO5/c18-15(19)2-1-9-22-14-5-3-13(4-6-14)17-16(20)12-7-10-21-11-8-12/h3-6,12H,1-2,7-11H2,(H,17,20)(H,18,19). The van der Waals surface area contributed by atoms with Crippen LogP contribution in [0, 0.1) is 5.92 Å². The summed E-state index contributed by atoms with van der Waals surface area (Å²) in [6.07, 6.45) is 2.09. The van der Waals surface area contributed by atoms with Gasteiger partial charge in [-0.1, -0.05) is 0 Å². The predicted octanol–water partition coefficient (Wildman–Crippen LogP) is 2.30. The van der Waals surface area contributed by atoms with Gasteiger partial charge in [-0.2, -0.15) is 0 Å². The molecule has 22 heavy (non-hydrogen) atoms. The number of hydrogen-bond donors (Lipinski definition) is 2. The van der Waals surface area contributed by atoms with E-state index in [0.717, 1.165) is 18.5 Å². The van der Waals surface area contributed by atoms with Crippen LogP contribution >= 0.6 is 0 Å². The van der Waals surface area contributed by atoms with E-state index in [0.29, 0.717) is 32.0 Å². The molecule has 2 N–H and O–H groups in total. The van der Waals surface area contributed by atoms with Gasteiger partial charge in [0.2, 0.25) is 5.91 Å². The molecule has 0 radical (unpaired) electrons. The van der Waals surface area contributed by atoms with Crippen LogP contribution < -0.4 is 10.1 Å². The van der Waals surface area contributed by atoms with Crippen molar-refractivity contribution in [2.45, 2.75) is 25.7 Å². The molecule has 2 rings (SSSR count). The lowest BCUT2D eigenvalue weighted by Gasteiger charge is -2.21. The van der Waals surface area contributed by atoms with Gasteiger partial charge < -0.3 is 19.9 Å². The number of ether oxygens (including phenoxy) is 2. The van der Waals surface area contributed by atoms with Gasteiger partial charge in [-0.05, 0) is 43.5 Å². The molecule has 1 heterocycles. The number of anilines is 1. The van der Waals surface area contributed by atoms with Crippen molar-refractivity contribution in [1.82, 2.24) is 0 Å². The summed E-state index contributed by atoms with van der Waals surface area (Å²) in [5, 5.41) is 11.4. The maximum Gasteiger partial charge on any atom is 0.303 e. The van der Waals surface area contributed by atoms with Crippen molar-refractivity contribution in [3.8, 4) is 5.75 Å². The van der Waals surface area contributed by atoms with Gasteiger partial charge in [-0.15, -0.1) is 0 Å². The van der Waals surface area contributed by atoms with Gasteiger partial charge in [0.05, 0.1) is 6.61 Å². The molecule has 1 amide bonds. The van der Waals surface area contributed by atoms with Crippen molar-refractivity contribution in [2.24, 2.45) is 5.92 Å². The van der Waals surface area contributed by atoms with Gasteiger partial charge in [0.25, 0.3) is 0 Å². The Morgan fingerprint density at radius 3 is 2.55 bits per heavy atom. The number of aliphatic carboxylic acids is 1. The van der Waals surface area contributed by atoms with E-state index < -0.39 is 5.97 Å². The molecule has 6 nitrogen and oxygen atoms in total. The van der Waals surface area contributed by atoms with Crippen molar-refractivity contribution < 1.29 is 24.2 Å². The van der Waals surface area contributed by atoms with E-state index in [2.05, 4.69) is 5.32 Å². The highest BCUT2D eigenvalue weighted by molar-refractivity contribution is 5.92. The van der Waals surface area contributed by atoms with Gasteiger partial charge in [-0.25, -0.2) is 0 Å². The molecule has 0 unspecified atom stereocenters. The number of nitrogens with one attached hydrogen (secondary N) is 1. The first-order valence-corrected chi connectivity index (χ1v) is 7.48. The number of amides is 1. The van der Waals surface area contributed by atoms with Crippen LogP contribution in [-0.4, -0.2) is 36.8 Å². The molecular weight excluding hydrogens is 286 g/mol. The Kier molecular flexibility index (Phi) is 6.21. The number of benzene rings is 1. The molecular formula is C16H21NO5. The first-order valence-electron chi connectivity index (χ1n) is 7.48. The fourth-order valence-corrected chi connectivity index (χ4v) is 2.25. The lowest BCUT2D eigenvalue weighted by atomic mass is 9.99. The molecule has 0 bridgehead atoms. The van der Waals surface area contributed by atoms with Crippen LogP contribution in [0.15, 0.2) is 24.3 Å². The summed E-state index contributed by atoms with van der Waals surface area (Å²) in [4.78, 5) is 22.5. The molecule has 1 saturated heterocycles. The molecule has 0 aromatic heterocycles. The minimum Gasteiger partial charge on any atom is -0.494 e. The molecule has 0 atom stereocenters. The van der Waals surface area contributed by atoms with Crippen LogP contribution in [0.1, 0.15) is 25.7 Å². The molecule has 0 saturated carbocycles. The van der Waals surface area contributed by atoms with Crippen molar-refractivity contribution in [3.05, 3.63) is 24.3 Å². The number of carboxylic acid groups (broad SMARTS) is 1. The highest BCUT2D eigenvalue weighted by Crippen LogP contribution is 2.20. The quantitative estimate of drug-likeness (QED) is 0.755. The Bertz CT molecular complexity index is 494. The van der Waals surface area contributed by atoms with E-state index in [1.54, 1.807) is 24.3 Å². The average molecular weight is 307 g/mol. The number of hydrogen-bond acceptors (Lipinski definition) is 4. The molecule has 1 fully saturated rings. The summed E-state index contributed by atoms with van der Waals surface area (Å²) in [6.45, 7) is 1.64. The molecule has 0 spiro atoms. The number of carboxylic acids is 1. The summed E-state index contributed by atoms with van der Waals surface area (Å²) in [7, 11) is 0. The Morgan fingerprint density at radius 2 is 1.91 bits per heavy atom. The third kappa shape index (κ3) is 5.37. The third-order valence-electron chi connectivity index (χ3n) is 3.52. The third-order valence-corrected chi connectivity index (χ3v) is 3.52. The second-order valence-electron chi connectivity index (χ2n) is 5.25.